The third-order valence-corrected chi connectivity index (χ3v) is 6.87. The Labute approximate surface area is 213 Å². The van der Waals surface area contributed by atoms with Crippen molar-refractivity contribution in [2.24, 2.45) is 0 Å². The van der Waals surface area contributed by atoms with Crippen molar-refractivity contribution in [2.75, 3.05) is 6.61 Å². The Kier molecular flexibility index (Phi) is 7.17. The first kappa shape index (κ1) is 23.9. The molecule has 0 saturated carbocycles. The Morgan fingerprint density at radius 2 is 1.75 bits per heavy atom. The zero-order valence-corrected chi connectivity index (χ0v) is 21.0. The fourth-order valence-electron chi connectivity index (χ4n) is 5.20. The number of amides is 1. The summed E-state index contributed by atoms with van der Waals surface area (Å²) in [5.74, 6) is 1.47. The van der Waals surface area contributed by atoms with Crippen molar-refractivity contribution in [3.05, 3.63) is 95.7 Å². The molecule has 3 aromatic carbocycles. The van der Waals surface area contributed by atoms with Crippen LogP contribution in [0.4, 0.5) is 0 Å². The highest BCUT2D eigenvalue weighted by atomic mass is 16.5. The van der Waals surface area contributed by atoms with Gasteiger partial charge >= 0.3 is 0 Å². The van der Waals surface area contributed by atoms with Crippen molar-refractivity contribution in [2.45, 2.75) is 52.1 Å². The number of carbonyl (C=O) groups is 1. The van der Waals surface area contributed by atoms with Gasteiger partial charge in [0.1, 0.15) is 23.0 Å². The number of hydrogen-bond acceptors (Lipinski definition) is 3. The van der Waals surface area contributed by atoms with Crippen LogP contribution in [0.25, 0.3) is 22.6 Å². The molecule has 0 aliphatic heterocycles. The van der Waals surface area contributed by atoms with Gasteiger partial charge in [0.2, 0.25) is 0 Å². The largest absolute Gasteiger partial charge is 0.494 e. The molecule has 1 unspecified atom stereocenters. The van der Waals surface area contributed by atoms with Gasteiger partial charge < -0.3 is 14.6 Å². The van der Waals surface area contributed by atoms with E-state index >= 15 is 0 Å². The predicted molar refractivity (Wildman–Crippen MR) is 144 cm³/mol. The number of carbonyl (C=O) groups excluding carboxylic acids is 1. The number of aryl methyl sites for hydroxylation is 1. The summed E-state index contributed by atoms with van der Waals surface area (Å²) in [6.07, 6.45) is 4.22. The van der Waals surface area contributed by atoms with Crippen LogP contribution >= 0.6 is 0 Å². The van der Waals surface area contributed by atoms with Crippen LogP contribution in [0.2, 0.25) is 0 Å². The Bertz CT molecular complexity index is 1340. The van der Waals surface area contributed by atoms with Gasteiger partial charge in [0, 0.05) is 17.7 Å². The zero-order valence-electron chi connectivity index (χ0n) is 21.0. The maximum Gasteiger partial charge on any atom is 0.270 e. The van der Waals surface area contributed by atoms with Crippen LogP contribution in [0.3, 0.4) is 0 Å². The summed E-state index contributed by atoms with van der Waals surface area (Å²) >= 11 is 0. The molecular formula is C31H33N3O2. The molecule has 1 heterocycles. The number of nitrogens with zero attached hydrogens (tertiary/aromatic N) is 2. The van der Waals surface area contributed by atoms with Crippen LogP contribution in [-0.4, -0.2) is 22.1 Å². The molecule has 0 saturated heterocycles. The van der Waals surface area contributed by atoms with E-state index in [0.29, 0.717) is 24.5 Å². The van der Waals surface area contributed by atoms with E-state index in [-0.39, 0.29) is 11.9 Å². The maximum absolute atomic E-state index is 14.1. The molecule has 1 aliphatic carbocycles. The second-order valence-electron chi connectivity index (χ2n) is 9.17. The van der Waals surface area contributed by atoms with Crippen LogP contribution in [0.15, 0.2) is 78.9 Å². The zero-order chi connectivity index (χ0) is 24.9. The number of benzene rings is 3. The normalized spacial score (nSPS) is 15.1. The second kappa shape index (κ2) is 10.8. The number of hydrogen-bond donors (Lipinski definition) is 1. The van der Waals surface area contributed by atoms with Crippen molar-refractivity contribution in [1.82, 2.24) is 14.9 Å². The smallest absolute Gasteiger partial charge is 0.270 e. The molecule has 184 valence electrons. The molecule has 0 spiro atoms. The van der Waals surface area contributed by atoms with E-state index in [4.69, 9.17) is 9.72 Å². The highest BCUT2D eigenvalue weighted by Crippen LogP contribution is 2.33. The average Bonchev–Trinajstić information content (AvgIpc) is 3.20. The monoisotopic (exact) mass is 479 g/mol. The van der Waals surface area contributed by atoms with Crippen LogP contribution < -0.4 is 10.1 Å². The summed E-state index contributed by atoms with van der Waals surface area (Å²) in [4.78, 5) is 19.1. The molecule has 1 amide bonds. The molecule has 0 bridgehead atoms. The van der Waals surface area contributed by atoms with E-state index < -0.39 is 0 Å². The minimum absolute atomic E-state index is 0.0146. The SMILES string of the molecule is CCOc1cccc(-c2nc(-c3ccccc3)n(CC)c2C(=O)NC2CCCCc3ccccc32)c1. The Morgan fingerprint density at radius 3 is 2.56 bits per heavy atom. The molecule has 5 heteroatoms. The van der Waals surface area contributed by atoms with E-state index in [1.807, 2.05) is 66.1 Å². The molecule has 5 nitrogen and oxygen atoms in total. The van der Waals surface area contributed by atoms with Crippen molar-refractivity contribution >= 4 is 5.91 Å². The fraction of sp³-hybridized carbons (Fsp3) is 0.290. The van der Waals surface area contributed by atoms with E-state index in [2.05, 4.69) is 36.5 Å². The van der Waals surface area contributed by atoms with Gasteiger partial charge in [-0.25, -0.2) is 4.98 Å². The van der Waals surface area contributed by atoms with Gasteiger partial charge in [0.05, 0.1) is 12.6 Å². The summed E-state index contributed by atoms with van der Waals surface area (Å²) in [6, 6.07) is 26.4. The third-order valence-electron chi connectivity index (χ3n) is 6.87. The Hall–Kier alpha value is -3.86. The van der Waals surface area contributed by atoms with Gasteiger partial charge in [0.25, 0.3) is 5.91 Å². The molecule has 5 rings (SSSR count). The predicted octanol–water partition coefficient (Wildman–Crippen LogP) is 6.83. The molecular weight excluding hydrogens is 446 g/mol. The van der Waals surface area contributed by atoms with Gasteiger partial charge in [-0.2, -0.15) is 0 Å². The van der Waals surface area contributed by atoms with Gasteiger partial charge in [-0.1, -0.05) is 73.2 Å². The summed E-state index contributed by atoms with van der Waals surface area (Å²) in [7, 11) is 0. The van der Waals surface area contributed by atoms with Crippen molar-refractivity contribution in [1.29, 1.82) is 0 Å². The Morgan fingerprint density at radius 1 is 0.972 bits per heavy atom. The molecule has 1 aliphatic rings. The first-order valence-corrected chi connectivity index (χ1v) is 13.0. The van der Waals surface area contributed by atoms with E-state index in [0.717, 1.165) is 48.4 Å². The summed E-state index contributed by atoms with van der Waals surface area (Å²) in [6.45, 7) is 5.24. The molecule has 0 radical (unpaired) electrons. The second-order valence-corrected chi connectivity index (χ2v) is 9.17. The summed E-state index contributed by atoms with van der Waals surface area (Å²) in [5, 5.41) is 3.39. The van der Waals surface area contributed by atoms with Crippen molar-refractivity contribution in [3.63, 3.8) is 0 Å². The molecule has 1 N–H and O–H groups in total. The summed E-state index contributed by atoms with van der Waals surface area (Å²) < 4.78 is 7.79. The standard InChI is InChI=1S/C31H33N3O2/c1-3-34-29(31(35)32-27-20-11-9-14-22-13-8-10-19-26(22)27)28(24-17-12-18-25(21-24)36-4-2)33-30(34)23-15-6-5-7-16-23/h5-8,10,12-13,15-19,21,27H,3-4,9,11,14,20H2,1-2H3,(H,32,35). The lowest BCUT2D eigenvalue weighted by atomic mass is 9.99. The number of imidazole rings is 1. The van der Waals surface area contributed by atoms with E-state index in [1.165, 1.54) is 11.1 Å². The highest BCUT2D eigenvalue weighted by Gasteiger charge is 2.27. The molecule has 0 fully saturated rings. The first-order chi connectivity index (χ1) is 17.7. The molecule has 1 atom stereocenters. The van der Waals surface area contributed by atoms with Crippen LogP contribution in [0, 0.1) is 0 Å². The van der Waals surface area contributed by atoms with Crippen LogP contribution in [-0.2, 0) is 13.0 Å². The minimum Gasteiger partial charge on any atom is -0.494 e. The quantitative estimate of drug-likeness (QED) is 0.296. The van der Waals surface area contributed by atoms with Crippen molar-refractivity contribution < 1.29 is 9.53 Å². The number of fused-ring (bicyclic) bond motifs is 1. The van der Waals surface area contributed by atoms with E-state index in [9.17, 15) is 4.79 Å². The van der Waals surface area contributed by atoms with Gasteiger partial charge in [-0.15, -0.1) is 0 Å². The Balaban J connectivity index is 1.61. The molecule has 1 aromatic heterocycles. The topological polar surface area (TPSA) is 56.2 Å². The number of nitrogens with one attached hydrogen (secondary N) is 1. The lowest BCUT2D eigenvalue weighted by Gasteiger charge is -2.20. The summed E-state index contributed by atoms with van der Waals surface area (Å²) in [5.41, 5.74) is 5.69. The van der Waals surface area contributed by atoms with Gasteiger partial charge in [0.15, 0.2) is 0 Å². The number of aromatic nitrogens is 2. The van der Waals surface area contributed by atoms with Crippen LogP contribution in [0.1, 0.15) is 60.8 Å². The number of ether oxygens (including phenoxy) is 1. The number of rotatable bonds is 7. The maximum atomic E-state index is 14.1. The van der Waals surface area contributed by atoms with Gasteiger partial charge in [-0.3, -0.25) is 4.79 Å². The lowest BCUT2D eigenvalue weighted by molar-refractivity contribution is 0.0926. The van der Waals surface area contributed by atoms with Crippen molar-refractivity contribution in [3.8, 4) is 28.4 Å². The fourth-order valence-corrected chi connectivity index (χ4v) is 5.20. The minimum atomic E-state index is -0.0925. The first-order valence-electron chi connectivity index (χ1n) is 13.0. The van der Waals surface area contributed by atoms with Gasteiger partial charge in [-0.05, 0) is 56.4 Å². The molecule has 4 aromatic rings. The lowest BCUT2D eigenvalue weighted by Crippen LogP contribution is -2.31. The highest BCUT2D eigenvalue weighted by molar-refractivity contribution is 6.00. The molecule has 36 heavy (non-hydrogen) atoms. The van der Waals surface area contributed by atoms with E-state index in [1.54, 1.807) is 0 Å². The average molecular weight is 480 g/mol. The third kappa shape index (κ3) is 4.78. The van der Waals surface area contributed by atoms with Crippen LogP contribution in [0.5, 0.6) is 5.75 Å².